The van der Waals surface area contributed by atoms with Crippen molar-refractivity contribution in [1.29, 1.82) is 0 Å². The maximum Gasteiger partial charge on any atom is 0.508 e. The fourth-order valence-electron chi connectivity index (χ4n) is 4.75. The van der Waals surface area contributed by atoms with Gasteiger partial charge in [0, 0.05) is 18.0 Å². The highest BCUT2D eigenvalue weighted by Gasteiger charge is 2.27. The minimum Gasteiger partial charge on any atom is -0.493 e. The lowest BCUT2D eigenvalue weighted by atomic mass is 10.2. The van der Waals surface area contributed by atoms with E-state index in [-0.39, 0.29) is 83.8 Å². The monoisotopic (exact) mass is 827 g/mol. The van der Waals surface area contributed by atoms with Crippen LogP contribution >= 0.6 is 0 Å². The van der Waals surface area contributed by atoms with Crippen LogP contribution in [0.2, 0.25) is 0 Å². The molecule has 1 aromatic carbocycles. The van der Waals surface area contributed by atoms with E-state index in [4.69, 9.17) is 23.7 Å². The highest BCUT2D eigenvalue weighted by atomic mass is 32.2. The van der Waals surface area contributed by atoms with Crippen molar-refractivity contribution in [2.75, 3.05) is 38.3 Å². The van der Waals surface area contributed by atoms with Crippen molar-refractivity contribution in [2.45, 2.75) is 37.3 Å². The van der Waals surface area contributed by atoms with E-state index in [1.165, 1.54) is 37.7 Å². The van der Waals surface area contributed by atoms with Gasteiger partial charge in [0.05, 0.1) is 13.7 Å². The van der Waals surface area contributed by atoms with Crippen LogP contribution in [0, 0.1) is 27.2 Å². The molecule has 0 fully saturated rings. The van der Waals surface area contributed by atoms with E-state index < -0.39 is 45.7 Å². The number of H-pyrrole nitrogens is 1. The van der Waals surface area contributed by atoms with E-state index in [1.807, 2.05) is 0 Å². The van der Waals surface area contributed by atoms with Crippen LogP contribution in [0.5, 0.6) is 23.1 Å². The smallest absolute Gasteiger partial charge is 0.493 e. The number of sulfonamides is 1. The van der Waals surface area contributed by atoms with Crippen LogP contribution in [0.1, 0.15) is 24.8 Å². The molecule has 0 aliphatic rings. The second-order valence-corrected chi connectivity index (χ2v) is 13.1. The second-order valence-electron chi connectivity index (χ2n) is 11.5. The third kappa shape index (κ3) is 12.0. The molecule has 0 aliphatic carbocycles. The maximum absolute atomic E-state index is 13.7. The van der Waals surface area contributed by atoms with Gasteiger partial charge < -0.3 is 33.4 Å². The molecule has 306 valence electrons. The molecular formula is C32H33N11O14S. The fraction of sp³-hybridized carbons (Fsp3) is 0.312. The molecule has 5 rings (SSSR count). The summed E-state index contributed by atoms with van der Waals surface area (Å²) in [6, 6.07) is 12.4. The predicted octanol–water partition coefficient (Wildman–Crippen LogP) is 3.51. The zero-order chi connectivity index (χ0) is 41.5. The molecule has 25 nitrogen and oxygen atoms in total. The maximum atomic E-state index is 13.7. The molecule has 1 unspecified atom stereocenters. The van der Waals surface area contributed by atoms with Gasteiger partial charge in [0.2, 0.25) is 11.6 Å². The number of unbranched alkanes of at least 4 members (excludes halogenated alkanes) is 1. The van der Waals surface area contributed by atoms with Crippen molar-refractivity contribution in [2.24, 2.45) is 0 Å². The molecule has 1 atom stereocenters. The van der Waals surface area contributed by atoms with Gasteiger partial charge in [-0.2, -0.15) is 18.6 Å². The molecular weight excluding hydrogens is 794 g/mol. The number of carbonyl (C=O) groups is 1. The number of nitrogens with one attached hydrogen (secondary N) is 2. The summed E-state index contributed by atoms with van der Waals surface area (Å²) in [5.41, 5.74) is 1.31. The summed E-state index contributed by atoms with van der Waals surface area (Å²) in [5, 5.41) is 32.3. The molecule has 0 saturated carbocycles. The third-order valence-electron chi connectivity index (χ3n) is 7.38. The van der Waals surface area contributed by atoms with Crippen molar-refractivity contribution in [1.82, 2.24) is 40.6 Å². The molecule has 2 N–H and O–H groups in total. The van der Waals surface area contributed by atoms with Crippen LogP contribution in [0.3, 0.4) is 0 Å². The number of hydrogen-bond donors (Lipinski definition) is 2. The Morgan fingerprint density at radius 2 is 1.74 bits per heavy atom. The number of benzene rings is 1. The molecule has 0 spiro atoms. The van der Waals surface area contributed by atoms with Crippen molar-refractivity contribution in [3.05, 3.63) is 86.7 Å². The van der Waals surface area contributed by atoms with E-state index in [0.29, 0.717) is 5.56 Å². The van der Waals surface area contributed by atoms with Crippen LogP contribution < -0.4 is 18.9 Å². The molecule has 4 heterocycles. The van der Waals surface area contributed by atoms with Crippen LogP contribution in [-0.2, 0) is 29.2 Å². The standard InChI is InChI=1S/C32H33N11O14S/c1-20-10-11-26(34-18-20)58(49,50)39-30-27(56-25-9-4-3-8-24(25)51-2)31(36-28(35-30)21-12-13-33-23(17-21)29-37-40-41-38-29)52-15-16-54-32(44)53-14-6-5-7-22(57-43(47)48)19-55-42(45)46/h3-4,8-13,17-18,22H,5-7,14-16,19H2,1-2H3,(H,35,36,39)(H,37,38,40,41). The van der Waals surface area contributed by atoms with Crippen LogP contribution in [0.15, 0.2) is 66.0 Å². The zero-order valence-corrected chi connectivity index (χ0v) is 31.3. The third-order valence-corrected chi connectivity index (χ3v) is 8.64. The second kappa shape index (κ2) is 19.9. The van der Waals surface area contributed by atoms with Gasteiger partial charge in [-0.15, -0.1) is 30.4 Å². The van der Waals surface area contributed by atoms with E-state index in [2.05, 4.69) is 55.0 Å². The average molecular weight is 828 g/mol. The number of methoxy groups -OCH3 is 1. The molecule has 0 bridgehead atoms. The molecule has 0 saturated heterocycles. The number of rotatable bonds is 22. The largest absolute Gasteiger partial charge is 0.508 e. The minimum atomic E-state index is -4.41. The Hall–Kier alpha value is -7.51. The SMILES string of the molecule is COc1ccccc1Oc1c(NS(=O)(=O)c2ccc(C)cn2)nc(-c2ccnc(-c3nn[nH]n3)c2)nc1OCCOC(=O)OCCCCC(CO[N+](=O)[O-])O[N+](=O)[O-]. The van der Waals surface area contributed by atoms with Gasteiger partial charge in [-0.1, -0.05) is 18.2 Å². The number of aromatic nitrogens is 8. The van der Waals surface area contributed by atoms with Crippen LogP contribution in [0.25, 0.3) is 22.9 Å². The molecule has 26 heteroatoms. The highest BCUT2D eigenvalue weighted by molar-refractivity contribution is 7.92. The number of nitrogens with zero attached hydrogens (tertiary/aromatic N) is 9. The Kier molecular flexibility index (Phi) is 14.3. The molecule has 0 aliphatic heterocycles. The van der Waals surface area contributed by atoms with Crippen LogP contribution in [0.4, 0.5) is 10.6 Å². The van der Waals surface area contributed by atoms with Gasteiger partial charge in [-0.25, -0.2) is 14.8 Å². The summed E-state index contributed by atoms with van der Waals surface area (Å²) in [6.07, 6.45) is 0.939. The summed E-state index contributed by atoms with van der Waals surface area (Å²) in [6.45, 7) is 0.172. The Morgan fingerprint density at radius 1 is 0.948 bits per heavy atom. The Balaban J connectivity index is 1.37. The first kappa shape index (κ1) is 41.6. The first-order valence-electron chi connectivity index (χ1n) is 16.8. The lowest BCUT2D eigenvalue weighted by Crippen LogP contribution is -2.24. The Labute approximate surface area is 327 Å². The number of anilines is 1. The number of pyridine rings is 2. The van der Waals surface area contributed by atoms with E-state index in [0.717, 1.165) is 5.56 Å². The highest BCUT2D eigenvalue weighted by Crippen LogP contribution is 2.41. The topological polar surface area (TPSA) is 320 Å². The number of aromatic amines is 1. The van der Waals surface area contributed by atoms with Gasteiger partial charge in [-0.3, -0.25) is 9.71 Å². The molecule has 0 amide bonds. The molecule has 4 aromatic heterocycles. The van der Waals surface area contributed by atoms with Gasteiger partial charge in [0.15, 0.2) is 28.2 Å². The first-order valence-corrected chi connectivity index (χ1v) is 18.3. The van der Waals surface area contributed by atoms with Crippen molar-refractivity contribution < 1.29 is 56.7 Å². The van der Waals surface area contributed by atoms with Gasteiger partial charge in [0.25, 0.3) is 26.1 Å². The molecule has 58 heavy (non-hydrogen) atoms. The number of ether oxygens (including phenoxy) is 5. The van der Waals surface area contributed by atoms with Crippen LogP contribution in [-0.4, -0.2) is 105 Å². The normalized spacial score (nSPS) is 11.5. The average Bonchev–Trinajstić information content (AvgIpc) is 3.75. The minimum absolute atomic E-state index is 0.00115. The Morgan fingerprint density at radius 3 is 2.45 bits per heavy atom. The zero-order valence-electron chi connectivity index (χ0n) is 30.4. The first-order chi connectivity index (χ1) is 27.9. The lowest BCUT2D eigenvalue weighted by molar-refractivity contribution is -0.790. The molecule has 5 aromatic rings. The predicted molar refractivity (Wildman–Crippen MR) is 193 cm³/mol. The van der Waals surface area contributed by atoms with E-state index in [1.54, 1.807) is 37.3 Å². The summed E-state index contributed by atoms with van der Waals surface area (Å²) in [5.74, 6) is -0.496. The van der Waals surface area contributed by atoms with Gasteiger partial charge in [0.1, 0.15) is 31.6 Å². The summed E-state index contributed by atoms with van der Waals surface area (Å²) < 4.78 is 57.4. The quantitative estimate of drug-likeness (QED) is 0.0436. The number of carbonyl (C=O) groups excluding carboxylic acids is 1. The van der Waals surface area contributed by atoms with E-state index in [9.17, 15) is 33.4 Å². The number of hydrogen-bond acceptors (Lipinski definition) is 21. The van der Waals surface area contributed by atoms with Gasteiger partial charge in [-0.05, 0) is 67.3 Å². The summed E-state index contributed by atoms with van der Waals surface area (Å²) >= 11 is 0. The number of para-hydroxylation sites is 2. The van der Waals surface area contributed by atoms with Crippen molar-refractivity contribution >= 4 is 22.0 Å². The fourth-order valence-corrected chi connectivity index (χ4v) is 5.69. The van der Waals surface area contributed by atoms with Crippen molar-refractivity contribution in [3.63, 3.8) is 0 Å². The lowest BCUT2D eigenvalue weighted by Gasteiger charge is -2.18. The van der Waals surface area contributed by atoms with E-state index >= 15 is 0 Å². The Bertz CT molecular complexity index is 2280. The molecule has 0 radical (unpaired) electrons. The number of tetrazole rings is 1. The summed E-state index contributed by atoms with van der Waals surface area (Å²) in [7, 11) is -3.00. The van der Waals surface area contributed by atoms with Gasteiger partial charge >= 0.3 is 6.16 Å². The number of aryl methyl sites for hydroxylation is 1. The van der Waals surface area contributed by atoms with Crippen molar-refractivity contribution in [3.8, 4) is 46.0 Å². The summed E-state index contributed by atoms with van der Waals surface area (Å²) in [4.78, 5) is 59.2.